The van der Waals surface area contributed by atoms with Crippen LogP contribution in [0.1, 0.15) is 109 Å². The van der Waals surface area contributed by atoms with Crippen molar-refractivity contribution in [2.24, 2.45) is 0 Å². The highest BCUT2D eigenvalue weighted by molar-refractivity contribution is 6.96. The van der Waals surface area contributed by atoms with Crippen LogP contribution < -0.4 is 32.8 Å². The minimum atomic E-state index is -3.96. The summed E-state index contributed by atoms with van der Waals surface area (Å²) in [6, 6.07) is 0. The van der Waals surface area contributed by atoms with E-state index in [2.05, 4.69) is 16.9 Å². The van der Waals surface area contributed by atoms with E-state index < -0.39 is 221 Å². The summed E-state index contributed by atoms with van der Waals surface area (Å²) in [5.41, 5.74) is -16.1. The molecule has 1 N–H and O–H groups in total. The highest BCUT2D eigenvalue weighted by Crippen LogP contribution is 2.27. The summed E-state index contributed by atoms with van der Waals surface area (Å²) < 4.78 is 417. The van der Waals surface area contributed by atoms with Crippen LogP contribution in [0.4, 0.5) is 132 Å². The number of benzene rings is 6. The Bertz CT molecular complexity index is 3040. The van der Waals surface area contributed by atoms with E-state index in [1.165, 1.54) is 96.3 Å². The summed E-state index contributed by atoms with van der Waals surface area (Å²) in [7, 11) is 0. The van der Waals surface area contributed by atoms with E-state index >= 15 is 0 Å². The van der Waals surface area contributed by atoms with E-state index in [-0.39, 0.29) is 0 Å². The van der Waals surface area contributed by atoms with Crippen LogP contribution in [0.3, 0.4) is 0 Å². The fourth-order valence-electron chi connectivity index (χ4n) is 9.22. The van der Waals surface area contributed by atoms with Crippen LogP contribution in [0.25, 0.3) is 0 Å². The van der Waals surface area contributed by atoms with E-state index in [0.717, 1.165) is 12.2 Å². The van der Waals surface area contributed by atoms with Crippen molar-refractivity contribution in [3.05, 3.63) is 193 Å². The number of aryl methyl sites for hydroxylation is 1. The molecule has 90 heavy (non-hydrogen) atoms. The quantitative estimate of drug-likeness (QED) is 0.0237. The smallest absolute Gasteiger partial charge is 0.265 e. The fraction of sp³-hybridized carbons (Fsp3) is 0.304. The molecule has 0 amide bonds. The van der Waals surface area contributed by atoms with E-state index in [9.17, 15) is 132 Å². The molecule has 0 saturated heterocycles. The van der Waals surface area contributed by atoms with E-state index in [4.69, 9.17) is 0 Å². The standard InChI is InChI=1S/C20H38N2.2C18BF15/c1-2-3-4-5-6-7-8-9-10-11-12-13-14-15-16-17-20-21-18-19-22-20;2*20-4-1(5(21)11(27)16(32)10(4)26)19(2-6(22)12(28)17(33)13(29)7(2)23)3-8(24)14(30)18(34)15(31)9(3)25/h18-19H,2-17H2,1H3,(H,21,22);;. The summed E-state index contributed by atoms with van der Waals surface area (Å²) in [6.07, 6.45) is 26.3. The van der Waals surface area contributed by atoms with Gasteiger partial charge >= 0.3 is 0 Å². The Morgan fingerprint density at radius 3 is 0.544 bits per heavy atom. The lowest BCUT2D eigenvalue weighted by Crippen LogP contribution is -2.60. The molecule has 1 aromatic heterocycles. The summed E-state index contributed by atoms with van der Waals surface area (Å²) in [5.74, 6) is -89.3. The molecule has 0 saturated carbocycles. The Hall–Kier alpha value is -7.44. The molecular formula is C56H38B2F30N2. The number of nitrogens with zero attached hydrogens (tertiary/aromatic N) is 1. The van der Waals surface area contributed by atoms with Crippen LogP contribution in [-0.2, 0) is 6.42 Å². The maximum Gasteiger partial charge on any atom is 0.265 e. The minimum Gasteiger partial charge on any atom is -0.349 e. The third-order valence-corrected chi connectivity index (χ3v) is 13.8. The number of halogens is 30. The Morgan fingerprint density at radius 2 is 0.389 bits per heavy atom. The van der Waals surface area contributed by atoms with Gasteiger partial charge in [0.25, 0.3) is 13.4 Å². The molecule has 0 aliphatic rings. The highest BCUT2D eigenvalue weighted by Gasteiger charge is 2.47. The molecule has 6 aromatic carbocycles. The van der Waals surface area contributed by atoms with Gasteiger partial charge in [0.05, 0.1) is 0 Å². The van der Waals surface area contributed by atoms with Gasteiger partial charge in [-0.25, -0.2) is 137 Å². The Labute approximate surface area is 489 Å². The molecule has 0 fully saturated rings. The summed E-state index contributed by atoms with van der Waals surface area (Å²) in [5, 5.41) is 0. The monoisotopic (exact) mass is 1330 g/mol. The number of aromatic amines is 1. The minimum absolute atomic E-state index is 1.12. The van der Waals surface area contributed by atoms with Gasteiger partial charge in [-0.05, 0) is 6.42 Å². The largest absolute Gasteiger partial charge is 0.349 e. The lowest BCUT2D eigenvalue weighted by molar-refractivity contribution is 0.380. The average molecular weight is 1330 g/mol. The van der Waals surface area contributed by atoms with Gasteiger partial charge in [0, 0.05) is 51.6 Å². The zero-order valence-electron chi connectivity index (χ0n) is 45.4. The van der Waals surface area contributed by atoms with Gasteiger partial charge in [-0.3, -0.25) is 0 Å². The second kappa shape index (κ2) is 31.5. The van der Waals surface area contributed by atoms with Crippen molar-refractivity contribution < 1.29 is 132 Å². The number of aromatic nitrogens is 2. The van der Waals surface area contributed by atoms with Gasteiger partial charge < -0.3 is 4.98 Å². The topological polar surface area (TPSA) is 28.7 Å². The van der Waals surface area contributed by atoms with Gasteiger partial charge in [0.1, 0.15) is 5.82 Å². The highest BCUT2D eigenvalue weighted by atomic mass is 19.2. The molecule has 0 spiro atoms. The van der Waals surface area contributed by atoms with Crippen LogP contribution in [0.15, 0.2) is 12.4 Å². The predicted octanol–water partition coefficient (Wildman–Crippen LogP) is 15.4. The van der Waals surface area contributed by atoms with Crippen LogP contribution in [0.5, 0.6) is 0 Å². The van der Waals surface area contributed by atoms with Crippen LogP contribution in [0.2, 0.25) is 0 Å². The molecule has 0 aliphatic carbocycles. The Kier molecular flexibility index (Phi) is 25.7. The number of rotatable bonds is 22. The van der Waals surface area contributed by atoms with Crippen LogP contribution in [0, 0.1) is 175 Å². The zero-order valence-corrected chi connectivity index (χ0v) is 45.4. The number of hydrogen-bond acceptors (Lipinski definition) is 1. The van der Waals surface area contributed by atoms with Crippen molar-refractivity contribution in [1.29, 1.82) is 0 Å². The molecule has 0 radical (unpaired) electrons. The lowest BCUT2D eigenvalue weighted by atomic mass is 9.36. The van der Waals surface area contributed by atoms with Crippen molar-refractivity contribution in [3.63, 3.8) is 0 Å². The Morgan fingerprint density at radius 1 is 0.233 bits per heavy atom. The van der Waals surface area contributed by atoms with Gasteiger partial charge in [-0.1, -0.05) is 96.8 Å². The first-order chi connectivity index (χ1) is 42.3. The maximum absolute atomic E-state index is 14.4. The molecule has 1 heterocycles. The van der Waals surface area contributed by atoms with Crippen molar-refractivity contribution in [1.82, 2.24) is 9.97 Å². The van der Waals surface area contributed by atoms with Crippen molar-refractivity contribution >= 4 is 46.2 Å². The average Bonchev–Trinajstić information content (AvgIpc) is 0.763. The first kappa shape index (κ1) is 73.3. The third kappa shape index (κ3) is 15.0. The molecule has 488 valence electrons. The van der Waals surface area contributed by atoms with Crippen molar-refractivity contribution in [3.8, 4) is 0 Å². The predicted molar refractivity (Wildman–Crippen MR) is 264 cm³/mol. The summed E-state index contributed by atoms with van der Waals surface area (Å²) in [6.45, 7) is -5.63. The normalized spacial score (nSPS) is 11.3. The summed E-state index contributed by atoms with van der Waals surface area (Å²) >= 11 is 0. The van der Waals surface area contributed by atoms with Crippen LogP contribution in [-0.4, -0.2) is 23.4 Å². The summed E-state index contributed by atoms with van der Waals surface area (Å²) in [4.78, 5) is 7.44. The number of H-pyrrole nitrogens is 1. The molecular weight excluding hydrogens is 1290 g/mol. The first-order valence-electron chi connectivity index (χ1n) is 26.3. The lowest BCUT2D eigenvalue weighted by Gasteiger charge is -2.21. The van der Waals surface area contributed by atoms with Gasteiger partial charge in [0.15, 0.2) is 175 Å². The maximum atomic E-state index is 14.4. The van der Waals surface area contributed by atoms with Gasteiger partial charge in [0.2, 0.25) is 0 Å². The molecule has 0 bridgehead atoms. The molecule has 0 aliphatic heterocycles. The van der Waals surface area contributed by atoms with Crippen LogP contribution >= 0.6 is 0 Å². The first-order valence-corrected chi connectivity index (χ1v) is 26.3. The molecule has 7 aromatic rings. The zero-order chi connectivity index (χ0) is 67.7. The third-order valence-electron chi connectivity index (χ3n) is 13.8. The number of imidazole rings is 1. The Balaban J connectivity index is 0.000000252. The number of nitrogens with one attached hydrogen (secondary N) is 1. The fourth-order valence-corrected chi connectivity index (χ4v) is 9.22. The molecule has 0 atom stereocenters. The SMILES string of the molecule is CCCCCCCCCCCCCCCCCc1ncc[nH]1.Fc1c(F)c(F)c(B(c2c(F)c(F)c(F)c(F)c2F)c2c(F)c(F)c(F)c(F)c2F)c(F)c1F.Fc1c(F)c(F)c(B(c2c(F)c(F)c(F)c(F)c2F)c2c(F)c(F)c(F)c(F)c2F)c(F)c1F. The number of hydrogen-bond donors (Lipinski definition) is 1. The van der Waals surface area contributed by atoms with Gasteiger partial charge in [-0.2, -0.15) is 0 Å². The van der Waals surface area contributed by atoms with E-state index in [1.54, 1.807) is 0 Å². The van der Waals surface area contributed by atoms with Crippen molar-refractivity contribution in [2.75, 3.05) is 0 Å². The number of unbranched alkanes of at least 4 members (excludes halogenated alkanes) is 14. The van der Waals surface area contributed by atoms with Crippen molar-refractivity contribution in [2.45, 2.75) is 110 Å². The molecule has 34 heteroatoms. The molecule has 2 nitrogen and oxygen atoms in total. The second-order valence-corrected chi connectivity index (χ2v) is 19.5. The van der Waals surface area contributed by atoms with E-state index in [1.807, 2.05) is 12.4 Å². The van der Waals surface area contributed by atoms with Gasteiger partial charge in [-0.15, -0.1) is 0 Å². The second-order valence-electron chi connectivity index (χ2n) is 19.5. The van der Waals surface area contributed by atoms with E-state index in [0.29, 0.717) is 0 Å². The molecule has 0 unspecified atom stereocenters. The molecule has 7 rings (SSSR count).